The second-order valence-corrected chi connectivity index (χ2v) is 5.98. The zero-order valence-corrected chi connectivity index (χ0v) is 14.9. The van der Waals surface area contributed by atoms with Crippen LogP contribution < -0.4 is 15.0 Å². The van der Waals surface area contributed by atoms with E-state index in [0.717, 1.165) is 43.2 Å². The van der Waals surface area contributed by atoms with Crippen LogP contribution in [0.5, 0.6) is 5.75 Å². The first-order chi connectivity index (χ1) is 13.2. The normalized spacial score (nSPS) is 14.0. The number of nitrogens with one attached hydrogen (secondary N) is 1. The summed E-state index contributed by atoms with van der Waals surface area (Å²) >= 11 is 0. The zero-order valence-electron chi connectivity index (χ0n) is 14.9. The van der Waals surface area contributed by atoms with Crippen LogP contribution in [-0.4, -0.2) is 38.8 Å². The first-order valence-corrected chi connectivity index (χ1v) is 8.76. The highest BCUT2D eigenvalue weighted by molar-refractivity contribution is 6.02. The van der Waals surface area contributed by atoms with Crippen LogP contribution >= 0.6 is 0 Å². The van der Waals surface area contributed by atoms with Crippen molar-refractivity contribution in [1.29, 1.82) is 5.26 Å². The molecular formula is C21H21N3O3. The molecule has 0 aromatic heterocycles. The van der Waals surface area contributed by atoms with Crippen LogP contribution in [0, 0.1) is 11.3 Å². The van der Waals surface area contributed by atoms with E-state index in [2.05, 4.69) is 10.2 Å². The lowest BCUT2D eigenvalue weighted by molar-refractivity contribution is -0.111. The van der Waals surface area contributed by atoms with Crippen molar-refractivity contribution in [3.63, 3.8) is 0 Å². The van der Waals surface area contributed by atoms with Crippen LogP contribution in [0.15, 0.2) is 54.6 Å². The quantitative estimate of drug-likeness (QED) is 0.799. The van der Waals surface area contributed by atoms with Crippen LogP contribution in [-0.2, 0) is 9.53 Å². The monoisotopic (exact) mass is 363 g/mol. The molecule has 1 N–H and O–H groups in total. The van der Waals surface area contributed by atoms with Crippen molar-refractivity contribution < 1.29 is 14.3 Å². The van der Waals surface area contributed by atoms with E-state index < -0.39 is 0 Å². The molecule has 0 spiro atoms. The Morgan fingerprint density at radius 1 is 1.15 bits per heavy atom. The average Bonchev–Trinajstić information content (AvgIpc) is 2.73. The maximum Gasteiger partial charge on any atom is 0.248 e. The molecule has 0 unspecified atom stereocenters. The average molecular weight is 363 g/mol. The van der Waals surface area contributed by atoms with Crippen LogP contribution in [0.3, 0.4) is 0 Å². The van der Waals surface area contributed by atoms with Crippen LogP contribution in [0.4, 0.5) is 11.4 Å². The Labute approximate surface area is 158 Å². The topological polar surface area (TPSA) is 74.6 Å². The van der Waals surface area contributed by atoms with Gasteiger partial charge in [0.25, 0.3) is 0 Å². The second kappa shape index (κ2) is 9.41. The van der Waals surface area contributed by atoms with E-state index in [1.54, 1.807) is 18.2 Å². The summed E-state index contributed by atoms with van der Waals surface area (Å²) in [5.74, 6) is 0.428. The van der Waals surface area contributed by atoms with Gasteiger partial charge >= 0.3 is 0 Å². The van der Waals surface area contributed by atoms with E-state index in [1.165, 1.54) is 6.08 Å². The van der Waals surface area contributed by atoms with Crippen LogP contribution in [0.1, 0.15) is 5.56 Å². The molecular weight excluding hydrogens is 342 g/mol. The van der Waals surface area contributed by atoms with E-state index in [0.29, 0.717) is 5.75 Å². The minimum Gasteiger partial charge on any atom is -0.479 e. The first kappa shape index (κ1) is 18.5. The fourth-order valence-corrected chi connectivity index (χ4v) is 2.72. The lowest BCUT2D eigenvalue weighted by Gasteiger charge is -2.28. The van der Waals surface area contributed by atoms with Crippen LogP contribution in [0.2, 0.25) is 0 Å². The van der Waals surface area contributed by atoms with Gasteiger partial charge in [0.1, 0.15) is 11.8 Å². The molecule has 3 rings (SSSR count). The summed E-state index contributed by atoms with van der Waals surface area (Å²) in [7, 11) is 0. The van der Waals surface area contributed by atoms with Gasteiger partial charge in [-0.1, -0.05) is 12.1 Å². The summed E-state index contributed by atoms with van der Waals surface area (Å²) in [4.78, 5) is 14.4. The summed E-state index contributed by atoms with van der Waals surface area (Å²) < 4.78 is 10.6. The Morgan fingerprint density at radius 3 is 2.52 bits per heavy atom. The van der Waals surface area contributed by atoms with Gasteiger partial charge in [0.2, 0.25) is 5.91 Å². The number of hydrogen-bond donors (Lipinski definition) is 1. The van der Waals surface area contributed by atoms with Crippen molar-refractivity contribution in [2.45, 2.75) is 0 Å². The minimum absolute atomic E-state index is 0.0158. The summed E-state index contributed by atoms with van der Waals surface area (Å²) in [6.45, 7) is 3.27. The molecule has 0 saturated carbocycles. The number of ether oxygens (including phenoxy) is 2. The second-order valence-electron chi connectivity index (χ2n) is 5.98. The van der Waals surface area contributed by atoms with Crippen molar-refractivity contribution >= 4 is 23.4 Å². The SMILES string of the molecule is N#CCOc1ccc(/C=C/C(=O)Nc2ccc(N3CCOCC3)cc2)cc1. The van der Waals surface area contributed by atoms with Gasteiger partial charge in [-0.15, -0.1) is 0 Å². The molecule has 1 heterocycles. The smallest absolute Gasteiger partial charge is 0.248 e. The largest absolute Gasteiger partial charge is 0.479 e. The number of carbonyl (C=O) groups is 1. The highest BCUT2D eigenvalue weighted by atomic mass is 16.5. The van der Waals surface area contributed by atoms with Gasteiger partial charge in [0, 0.05) is 30.5 Å². The van der Waals surface area contributed by atoms with Crippen molar-refractivity contribution in [2.24, 2.45) is 0 Å². The summed E-state index contributed by atoms with van der Waals surface area (Å²) in [5, 5.41) is 11.3. The Bertz CT molecular complexity index is 817. The third-order valence-corrected chi connectivity index (χ3v) is 4.12. The van der Waals surface area contributed by atoms with E-state index in [9.17, 15) is 4.79 Å². The number of benzene rings is 2. The zero-order chi connectivity index (χ0) is 18.9. The van der Waals surface area contributed by atoms with Crippen molar-refractivity contribution in [1.82, 2.24) is 0 Å². The molecule has 0 radical (unpaired) electrons. The summed E-state index contributed by atoms with van der Waals surface area (Å²) in [6.07, 6.45) is 3.21. The number of nitrogens with zero attached hydrogens (tertiary/aromatic N) is 2. The number of amides is 1. The molecule has 0 bridgehead atoms. The fraction of sp³-hybridized carbons (Fsp3) is 0.238. The molecule has 27 heavy (non-hydrogen) atoms. The van der Waals surface area contributed by atoms with Gasteiger partial charge in [-0.25, -0.2) is 0 Å². The van der Waals surface area contributed by atoms with Crippen molar-refractivity contribution in [2.75, 3.05) is 43.1 Å². The molecule has 0 atom stereocenters. The molecule has 1 aliphatic rings. The highest BCUT2D eigenvalue weighted by Crippen LogP contribution is 2.19. The predicted octanol–water partition coefficient (Wildman–Crippen LogP) is 3.08. The highest BCUT2D eigenvalue weighted by Gasteiger charge is 2.10. The van der Waals surface area contributed by atoms with E-state index in [-0.39, 0.29) is 12.5 Å². The third-order valence-electron chi connectivity index (χ3n) is 4.12. The Balaban J connectivity index is 1.52. The van der Waals surface area contributed by atoms with Crippen LogP contribution in [0.25, 0.3) is 6.08 Å². The van der Waals surface area contributed by atoms with E-state index in [1.807, 2.05) is 42.5 Å². The molecule has 6 nitrogen and oxygen atoms in total. The molecule has 138 valence electrons. The van der Waals surface area contributed by atoms with Gasteiger partial charge in [-0.05, 0) is 48.0 Å². The number of hydrogen-bond acceptors (Lipinski definition) is 5. The van der Waals surface area contributed by atoms with Gasteiger partial charge in [-0.3, -0.25) is 4.79 Å². The number of nitriles is 1. The standard InChI is InChI=1S/C21H21N3O3/c22-11-14-27-20-8-1-17(2-9-20)3-10-21(25)23-18-4-6-19(7-5-18)24-12-15-26-16-13-24/h1-10H,12-16H2,(H,23,25)/b10-3+. The predicted molar refractivity (Wildman–Crippen MR) is 105 cm³/mol. The van der Waals surface area contributed by atoms with Crippen molar-refractivity contribution in [3.05, 3.63) is 60.2 Å². The van der Waals surface area contributed by atoms with E-state index in [4.69, 9.17) is 14.7 Å². The van der Waals surface area contributed by atoms with Crippen molar-refractivity contribution in [3.8, 4) is 11.8 Å². The molecule has 6 heteroatoms. The van der Waals surface area contributed by atoms with Gasteiger partial charge in [-0.2, -0.15) is 5.26 Å². The number of anilines is 2. The molecule has 0 aliphatic carbocycles. The minimum atomic E-state index is -0.195. The lowest BCUT2D eigenvalue weighted by Crippen LogP contribution is -2.36. The molecule has 2 aromatic rings. The maximum atomic E-state index is 12.1. The number of morpholine rings is 1. The lowest BCUT2D eigenvalue weighted by atomic mass is 10.2. The van der Waals surface area contributed by atoms with Gasteiger partial charge in [0.15, 0.2) is 6.61 Å². The summed E-state index contributed by atoms with van der Waals surface area (Å²) in [5.41, 5.74) is 2.75. The van der Waals surface area contributed by atoms with Gasteiger partial charge in [0.05, 0.1) is 13.2 Å². The Morgan fingerprint density at radius 2 is 1.85 bits per heavy atom. The Hall–Kier alpha value is -3.30. The molecule has 1 amide bonds. The third kappa shape index (κ3) is 5.59. The van der Waals surface area contributed by atoms with E-state index >= 15 is 0 Å². The molecule has 1 saturated heterocycles. The first-order valence-electron chi connectivity index (χ1n) is 8.76. The maximum absolute atomic E-state index is 12.1. The summed E-state index contributed by atoms with van der Waals surface area (Å²) in [6, 6.07) is 16.9. The molecule has 1 fully saturated rings. The number of carbonyl (C=O) groups excluding carboxylic acids is 1. The van der Waals surface area contributed by atoms with Gasteiger partial charge < -0.3 is 19.7 Å². The number of rotatable bonds is 6. The fourth-order valence-electron chi connectivity index (χ4n) is 2.72. The molecule has 2 aromatic carbocycles. The Kier molecular flexibility index (Phi) is 6.45. The molecule has 1 aliphatic heterocycles.